The summed E-state index contributed by atoms with van der Waals surface area (Å²) in [4.78, 5) is 35.1. The molecular formula is C25H23F3N8O. The van der Waals surface area contributed by atoms with Crippen molar-refractivity contribution < 1.29 is 13.2 Å². The van der Waals surface area contributed by atoms with Gasteiger partial charge in [0.1, 0.15) is 17.8 Å². The Hall–Kier alpha value is -4.22. The monoisotopic (exact) mass is 508 g/mol. The van der Waals surface area contributed by atoms with E-state index >= 15 is 0 Å². The highest BCUT2D eigenvalue weighted by atomic mass is 19.4. The largest absolute Gasteiger partial charge is 0.433 e. The number of pyridine rings is 1. The van der Waals surface area contributed by atoms with Gasteiger partial charge in [0.05, 0.1) is 11.0 Å². The number of benzene rings is 1. The van der Waals surface area contributed by atoms with Gasteiger partial charge in [0.15, 0.2) is 17.0 Å². The second kappa shape index (κ2) is 8.43. The van der Waals surface area contributed by atoms with Crippen LogP contribution in [0, 0.1) is 6.92 Å². The number of aryl methyl sites for hydroxylation is 2. The fourth-order valence-corrected chi connectivity index (χ4v) is 5.19. The van der Waals surface area contributed by atoms with E-state index < -0.39 is 11.9 Å². The molecule has 1 aromatic carbocycles. The van der Waals surface area contributed by atoms with Crippen molar-refractivity contribution in [1.82, 2.24) is 34.1 Å². The summed E-state index contributed by atoms with van der Waals surface area (Å²) in [6, 6.07) is 10.1. The van der Waals surface area contributed by atoms with E-state index in [4.69, 9.17) is 4.98 Å². The molecule has 4 aromatic heterocycles. The average molecular weight is 509 g/mol. The van der Waals surface area contributed by atoms with Gasteiger partial charge in [-0.2, -0.15) is 13.2 Å². The number of nitrogens with zero attached hydrogens (tertiary/aromatic N) is 7. The number of anilines is 1. The van der Waals surface area contributed by atoms with Crippen molar-refractivity contribution >= 4 is 28.0 Å². The highest BCUT2D eigenvalue weighted by Crippen LogP contribution is 2.34. The minimum absolute atomic E-state index is 0.0531. The maximum atomic E-state index is 13.1. The van der Waals surface area contributed by atoms with Gasteiger partial charge in [-0.3, -0.25) is 4.57 Å². The Morgan fingerprint density at radius 1 is 1.03 bits per heavy atom. The van der Waals surface area contributed by atoms with Crippen LogP contribution < -0.4 is 10.6 Å². The van der Waals surface area contributed by atoms with Gasteiger partial charge in [-0.1, -0.05) is 12.1 Å². The molecule has 5 aromatic rings. The predicted octanol–water partition coefficient (Wildman–Crippen LogP) is 4.24. The first-order valence-electron chi connectivity index (χ1n) is 11.9. The van der Waals surface area contributed by atoms with Crippen LogP contribution in [0.3, 0.4) is 0 Å². The molecule has 0 amide bonds. The molecule has 0 bridgehead atoms. The van der Waals surface area contributed by atoms with Gasteiger partial charge in [0.25, 0.3) is 0 Å². The third-order valence-corrected chi connectivity index (χ3v) is 7.01. The lowest BCUT2D eigenvalue weighted by Crippen LogP contribution is -2.37. The van der Waals surface area contributed by atoms with Crippen LogP contribution in [0.5, 0.6) is 0 Å². The Balaban J connectivity index is 1.31. The zero-order valence-electron chi connectivity index (χ0n) is 20.1. The first kappa shape index (κ1) is 23.2. The Bertz CT molecular complexity index is 1690. The molecule has 12 heteroatoms. The van der Waals surface area contributed by atoms with E-state index in [1.165, 1.54) is 19.3 Å². The second-order valence-corrected chi connectivity index (χ2v) is 9.23. The fourth-order valence-electron chi connectivity index (χ4n) is 5.19. The average Bonchev–Trinajstić information content (AvgIpc) is 3.39. The van der Waals surface area contributed by atoms with E-state index in [-0.39, 0.29) is 17.4 Å². The van der Waals surface area contributed by atoms with Crippen LogP contribution in [0.25, 0.3) is 33.6 Å². The topological polar surface area (TPSA) is 97.5 Å². The first-order chi connectivity index (χ1) is 17.7. The van der Waals surface area contributed by atoms with E-state index in [9.17, 15) is 18.0 Å². The van der Waals surface area contributed by atoms with Crippen LogP contribution in [0.2, 0.25) is 0 Å². The van der Waals surface area contributed by atoms with Crippen molar-refractivity contribution in [3.05, 3.63) is 64.6 Å². The number of rotatable bonds is 3. The molecule has 37 heavy (non-hydrogen) atoms. The smallest absolute Gasteiger partial charge is 0.355 e. The van der Waals surface area contributed by atoms with Crippen molar-refractivity contribution in [3.8, 4) is 11.4 Å². The summed E-state index contributed by atoms with van der Waals surface area (Å²) in [6.07, 6.45) is -1.56. The molecular weight excluding hydrogens is 485 g/mol. The number of piperidine rings is 1. The Labute approximate surface area is 208 Å². The fraction of sp³-hybridized carbons (Fsp3) is 0.320. The maximum Gasteiger partial charge on any atom is 0.433 e. The number of aromatic amines is 1. The number of alkyl halides is 3. The summed E-state index contributed by atoms with van der Waals surface area (Å²) in [5.41, 5.74) is 2.54. The number of hydrogen-bond donors (Lipinski definition) is 1. The molecule has 190 valence electrons. The number of para-hydroxylation sites is 2. The summed E-state index contributed by atoms with van der Waals surface area (Å²) in [5, 5.41) is 0. The summed E-state index contributed by atoms with van der Waals surface area (Å²) in [5.74, 6) is 1.13. The van der Waals surface area contributed by atoms with Crippen molar-refractivity contribution in [2.24, 2.45) is 7.05 Å². The number of imidazole rings is 2. The van der Waals surface area contributed by atoms with Gasteiger partial charge in [0, 0.05) is 37.4 Å². The second-order valence-electron chi connectivity index (χ2n) is 9.23. The van der Waals surface area contributed by atoms with Crippen LogP contribution in [0.1, 0.15) is 30.3 Å². The van der Waals surface area contributed by atoms with Gasteiger partial charge in [-0.05, 0) is 44.0 Å². The predicted molar refractivity (Wildman–Crippen MR) is 132 cm³/mol. The summed E-state index contributed by atoms with van der Waals surface area (Å²) < 4.78 is 42.9. The van der Waals surface area contributed by atoms with Gasteiger partial charge >= 0.3 is 11.9 Å². The number of H-pyrrole nitrogens is 1. The van der Waals surface area contributed by atoms with Crippen LogP contribution in [-0.2, 0) is 13.2 Å². The van der Waals surface area contributed by atoms with Gasteiger partial charge in [-0.15, -0.1) is 0 Å². The van der Waals surface area contributed by atoms with E-state index in [1.54, 1.807) is 11.6 Å². The van der Waals surface area contributed by atoms with Gasteiger partial charge in [-0.25, -0.2) is 24.7 Å². The SMILES string of the molecule is Cc1nc(C(F)(F)F)ccc1-c1nc2c(N3CCC(n4c(=O)[nH]c5ccccc54)CC3)ncnc2n1C. The van der Waals surface area contributed by atoms with E-state index in [0.29, 0.717) is 41.5 Å². The maximum absolute atomic E-state index is 13.1. The minimum atomic E-state index is -4.52. The Kier molecular flexibility index (Phi) is 5.28. The molecule has 5 heterocycles. The molecule has 6 rings (SSSR count). The molecule has 0 spiro atoms. The van der Waals surface area contributed by atoms with E-state index in [2.05, 4.69) is 24.8 Å². The number of hydrogen-bond acceptors (Lipinski definition) is 6. The number of halogens is 3. The van der Waals surface area contributed by atoms with Crippen molar-refractivity contribution in [1.29, 1.82) is 0 Å². The van der Waals surface area contributed by atoms with Crippen LogP contribution in [0.15, 0.2) is 47.5 Å². The van der Waals surface area contributed by atoms with Crippen molar-refractivity contribution in [2.45, 2.75) is 32.0 Å². The Morgan fingerprint density at radius 2 is 1.78 bits per heavy atom. The highest BCUT2D eigenvalue weighted by molar-refractivity contribution is 5.87. The third-order valence-electron chi connectivity index (χ3n) is 7.01. The van der Waals surface area contributed by atoms with E-state index in [1.807, 2.05) is 28.8 Å². The molecule has 0 radical (unpaired) electrons. The van der Waals surface area contributed by atoms with Crippen LogP contribution in [0.4, 0.5) is 19.0 Å². The molecule has 0 saturated carbocycles. The first-order valence-corrected chi connectivity index (χ1v) is 11.9. The van der Waals surface area contributed by atoms with Gasteiger partial charge < -0.3 is 14.5 Å². The van der Waals surface area contributed by atoms with E-state index in [0.717, 1.165) is 29.9 Å². The lowest BCUT2D eigenvalue weighted by molar-refractivity contribution is -0.141. The standard InChI is InChI=1S/C25H23F3N8O/c1-14-16(7-8-19(31-14)25(26,27)28)21-33-20-22(34(21)2)29-13-30-23(20)35-11-9-15(10-12-35)36-18-6-4-3-5-17(18)32-24(36)37/h3-8,13,15H,9-12H2,1-2H3,(H,32,37). The molecule has 0 unspecified atom stereocenters. The lowest BCUT2D eigenvalue weighted by Gasteiger charge is -2.33. The minimum Gasteiger partial charge on any atom is -0.355 e. The summed E-state index contributed by atoms with van der Waals surface area (Å²) >= 11 is 0. The third kappa shape index (κ3) is 3.83. The number of nitrogens with one attached hydrogen (secondary N) is 1. The highest BCUT2D eigenvalue weighted by Gasteiger charge is 2.33. The summed E-state index contributed by atoms with van der Waals surface area (Å²) in [6.45, 7) is 2.86. The zero-order valence-corrected chi connectivity index (χ0v) is 20.1. The normalized spacial score (nSPS) is 15.2. The number of aromatic nitrogens is 7. The van der Waals surface area contributed by atoms with Crippen molar-refractivity contribution in [2.75, 3.05) is 18.0 Å². The molecule has 1 aliphatic heterocycles. The van der Waals surface area contributed by atoms with Crippen LogP contribution in [-0.4, -0.2) is 47.1 Å². The van der Waals surface area contributed by atoms with Crippen LogP contribution >= 0.6 is 0 Å². The molecule has 9 nitrogen and oxygen atoms in total. The van der Waals surface area contributed by atoms with Gasteiger partial charge in [0.2, 0.25) is 0 Å². The molecule has 1 fully saturated rings. The quantitative estimate of drug-likeness (QED) is 0.392. The molecule has 1 N–H and O–H groups in total. The molecule has 1 aliphatic rings. The zero-order chi connectivity index (χ0) is 25.9. The summed E-state index contributed by atoms with van der Waals surface area (Å²) in [7, 11) is 1.77. The van der Waals surface area contributed by atoms with Crippen molar-refractivity contribution in [3.63, 3.8) is 0 Å². The molecule has 1 saturated heterocycles. The molecule has 0 aliphatic carbocycles. The Morgan fingerprint density at radius 3 is 2.51 bits per heavy atom. The lowest BCUT2D eigenvalue weighted by atomic mass is 10.0. The number of fused-ring (bicyclic) bond motifs is 2. The molecule has 0 atom stereocenters.